The van der Waals surface area contributed by atoms with Crippen molar-refractivity contribution in [3.63, 3.8) is 0 Å². The number of sulfonamides is 1. The summed E-state index contributed by atoms with van der Waals surface area (Å²) in [5, 5.41) is 8.59. The Hall–Kier alpha value is -4.62. The van der Waals surface area contributed by atoms with Crippen molar-refractivity contribution in [3.8, 4) is 11.1 Å². The number of hydrogen-bond donors (Lipinski definition) is 4. The third kappa shape index (κ3) is 7.62. The molecule has 0 unspecified atom stereocenters. The molecule has 9 nitrogen and oxygen atoms in total. The first kappa shape index (κ1) is 29.9. The van der Waals surface area contributed by atoms with Crippen LogP contribution in [0.3, 0.4) is 0 Å². The average molecular weight is 611 g/mol. The molecular weight excluding hydrogens is 581 g/mol. The van der Waals surface area contributed by atoms with Crippen molar-refractivity contribution >= 4 is 33.1 Å². The highest BCUT2D eigenvalue weighted by Gasteiger charge is 2.33. The third-order valence-electron chi connectivity index (χ3n) is 6.81. The molecule has 3 aromatic carbocycles. The minimum Gasteiger partial charge on any atom is -0.369 e. The van der Waals surface area contributed by atoms with Gasteiger partial charge in [0.2, 0.25) is 0 Å². The maximum atomic E-state index is 13.7. The summed E-state index contributed by atoms with van der Waals surface area (Å²) < 4.78 is 70.5. The maximum Gasteiger partial charge on any atom is 0.416 e. The van der Waals surface area contributed by atoms with Crippen molar-refractivity contribution in [1.82, 2.24) is 15.6 Å². The molecule has 4 N–H and O–H groups in total. The Morgan fingerprint density at radius 2 is 1.67 bits per heavy atom. The number of halogens is 3. The highest BCUT2D eigenvalue weighted by atomic mass is 32.2. The number of nitrogens with zero attached hydrogens (tertiary/aromatic N) is 2. The van der Waals surface area contributed by atoms with Crippen LogP contribution in [0.25, 0.3) is 11.1 Å². The number of benzene rings is 3. The van der Waals surface area contributed by atoms with Crippen LogP contribution in [0, 0.1) is 0 Å². The Kier molecular flexibility index (Phi) is 8.83. The molecular formula is C30H29F3N6O3S. The Morgan fingerprint density at radius 1 is 0.930 bits per heavy atom. The van der Waals surface area contributed by atoms with E-state index in [-0.39, 0.29) is 17.8 Å². The second-order valence-electron chi connectivity index (χ2n) is 9.85. The van der Waals surface area contributed by atoms with E-state index in [1.165, 1.54) is 30.3 Å². The predicted octanol–water partition coefficient (Wildman–Crippen LogP) is 5.30. The highest BCUT2D eigenvalue weighted by Crippen LogP contribution is 2.37. The van der Waals surface area contributed by atoms with Crippen LogP contribution in [0.5, 0.6) is 0 Å². The number of aromatic nitrogens is 1. The molecule has 0 saturated carbocycles. The van der Waals surface area contributed by atoms with Gasteiger partial charge in [-0.15, -0.1) is 0 Å². The van der Waals surface area contributed by atoms with E-state index < -0.39 is 32.7 Å². The molecule has 0 spiro atoms. The van der Waals surface area contributed by atoms with Crippen LogP contribution >= 0.6 is 0 Å². The molecule has 2 amide bonds. The minimum atomic E-state index is -4.74. The van der Waals surface area contributed by atoms with Gasteiger partial charge in [0.1, 0.15) is 0 Å². The van der Waals surface area contributed by atoms with Gasteiger partial charge in [-0.1, -0.05) is 24.3 Å². The number of carbonyl (C=O) groups is 1. The second kappa shape index (κ2) is 12.7. The van der Waals surface area contributed by atoms with Gasteiger partial charge < -0.3 is 20.9 Å². The van der Waals surface area contributed by atoms with Crippen LogP contribution in [-0.2, 0) is 22.7 Å². The molecule has 4 aromatic rings. The zero-order valence-corrected chi connectivity index (χ0v) is 23.7. The molecule has 43 heavy (non-hydrogen) atoms. The maximum absolute atomic E-state index is 13.7. The van der Waals surface area contributed by atoms with Gasteiger partial charge in [0.05, 0.1) is 10.5 Å². The van der Waals surface area contributed by atoms with Gasteiger partial charge in [-0.3, -0.25) is 9.71 Å². The van der Waals surface area contributed by atoms with Gasteiger partial charge in [-0.2, -0.15) is 13.2 Å². The fourth-order valence-electron chi connectivity index (χ4n) is 4.64. The molecule has 224 valence electrons. The molecule has 13 heteroatoms. The standard InChI is InChI=1S/C30H29F3N6O3S/c31-30(32,33)23-6-11-27(22-4-1-5-26(17-22)39-15-13-34-14-16-39)28(18-23)43(41,42)38-25-9-7-24(8-10-25)37-29(40)36-20-21-3-2-12-35-19-21/h1-12,17-19,34,38H,13-16,20H2,(H2,36,37,40). The smallest absolute Gasteiger partial charge is 0.369 e. The summed E-state index contributed by atoms with van der Waals surface area (Å²) in [6.45, 7) is 3.34. The lowest BCUT2D eigenvalue weighted by molar-refractivity contribution is -0.137. The lowest BCUT2D eigenvalue weighted by Crippen LogP contribution is -2.43. The second-order valence-corrected chi connectivity index (χ2v) is 11.5. The first-order valence-electron chi connectivity index (χ1n) is 13.4. The number of carbonyl (C=O) groups excluding carboxylic acids is 1. The molecule has 0 atom stereocenters. The van der Waals surface area contributed by atoms with Gasteiger partial charge in [0.15, 0.2) is 0 Å². The number of hydrogen-bond acceptors (Lipinski definition) is 6. The topological polar surface area (TPSA) is 115 Å². The molecule has 1 saturated heterocycles. The summed E-state index contributed by atoms with van der Waals surface area (Å²) in [6, 6.07) is 18.7. The highest BCUT2D eigenvalue weighted by molar-refractivity contribution is 7.92. The number of rotatable bonds is 8. The van der Waals surface area contributed by atoms with Gasteiger partial charge in [-0.25, -0.2) is 13.2 Å². The normalized spacial score (nSPS) is 13.8. The van der Waals surface area contributed by atoms with Gasteiger partial charge in [-0.05, 0) is 65.7 Å². The molecule has 1 aliphatic heterocycles. The zero-order chi connectivity index (χ0) is 30.5. The van der Waals surface area contributed by atoms with Crippen molar-refractivity contribution in [2.45, 2.75) is 17.6 Å². The van der Waals surface area contributed by atoms with E-state index in [1.54, 1.807) is 36.7 Å². The number of alkyl halides is 3. The van der Waals surface area contributed by atoms with E-state index in [1.807, 2.05) is 12.1 Å². The fraction of sp³-hybridized carbons (Fsp3) is 0.200. The average Bonchev–Trinajstić information content (AvgIpc) is 3.01. The molecule has 0 radical (unpaired) electrons. The Bertz CT molecular complexity index is 1680. The monoisotopic (exact) mass is 610 g/mol. The van der Waals surface area contributed by atoms with Crippen molar-refractivity contribution in [2.75, 3.05) is 41.1 Å². The summed E-state index contributed by atoms with van der Waals surface area (Å²) in [5.74, 6) is 0. The molecule has 1 fully saturated rings. The van der Waals surface area contributed by atoms with Gasteiger partial charge in [0.25, 0.3) is 10.0 Å². The molecule has 2 heterocycles. The predicted molar refractivity (Wildman–Crippen MR) is 159 cm³/mol. The number of pyridine rings is 1. The quantitative estimate of drug-likeness (QED) is 0.215. The number of urea groups is 1. The van der Waals surface area contributed by atoms with E-state index in [9.17, 15) is 26.4 Å². The SMILES string of the molecule is O=C(NCc1cccnc1)Nc1ccc(NS(=O)(=O)c2cc(C(F)(F)F)ccc2-c2cccc(N3CCNCC3)c2)cc1. The van der Waals surface area contributed by atoms with Crippen LogP contribution in [-0.4, -0.2) is 45.6 Å². The van der Waals surface area contributed by atoms with Crippen LogP contribution in [0.1, 0.15) is 11.1 Å². The van der Waals surface area contributed by atoms with Crippen molar-refractivity contribution < 1.29 is 26.4 Å². The van der Waals surface area contributed by atoms with Crippen molar-refractivity contribution in [2.24, 2.45) is 0 Å². The van der Waals surface area contributed by atoms with Crippen LogP contribution in [0.2, 0.25) is 0 Å². The van der Waals surface area contributed by atoms with Crippen molar-refractivity contribution in [3.05, 3.63) is 102 Å². The summed E-state index contributed by atoms with van der Waals surface area (Å²) in [4.78, 5) is 17.9. The Balaban J connectivity index is 1.36. The van der Waals surface area contributed by atoms with E-state index in [0.717, 1.165) is 43.5 Å². The summed E-state index contributed by atoms with van der Waals surface area (Å²) in [5.41, 5.74) is 1.69. The zero-order valence-electron chi connectivity index (χ0n) is 22.9. The molecule has 1 aromatic heterocycles. The van der Waals surface area contributed by atoms with Crippen molar-refractivity contribution in [1.29, 1.82) is 0 Å². The Morgan fingerprint density at radius 3 is 2.37 bits per heavy atom. The summed E-state index contributed by atoms with van der Waals surface area (Å²) >= 11 is 0. The largest absolute Gasteiger partial charge is 0.416 e. The number of nitrogens with one attached hydrogen (secondary N) is 4. The lowest BCUT2D eigenvalue weighted by atomic mass is 10.0. The van der Waals surface area contributed by atoms with Gasteiger partial charge >= 0.3 is 12.2 Å². The van der Waals surface area contributed by atoms with Crippen LogP contribution < -0.4 is 25.6 Å². The number of piperazine rings is 1. The molecule has 1 aliphatic rings. The van der Waals surface area contributed by atoms with Crippen LogP contribution in [0.15, 0.2) is 96.2 Å². The summed E-state index contributed by atoms with van der Waals surface area (Å²) in [6.07, 6.45) is -1.49. The lowest BCUT2D eigenvalue weighted by Gasteiger charge is -2.29. The van der Waals surface area contributed by atoms with E-state index in [2.05, 4.69) is 30.6 Å². The first-order valence-corrected chi connectivity index (χ1v) is 14.9. The first-order chi connectivity index (χ1) is 20.6. The third-order valence-corrected chi connectivity index (χ3v) is 8.23. The minimum absolute atomic E-state index is 0.110. The number of anilines is 3. The molecule has 0 bridgehead atoms. The van der Waals surface area contributed by atoms with E-state index in [0.29, 0.717) is 17.3 Å². The van der Waals surface area contributed by atoms with E-state index >= 15 is 0 Å². The fourth-order valence-corrected chi connectivity index (χ4v) is 5.96. The molecule has 0 aliphatic carbocycles. The molecule has 5 rings (SSSR count). The van der Waals surface area contributed by atoms with Crippen LogP contribution in [0.4, 0.5) is 35.0 Å². The summed E-state index contributed by atoms with van der Waals surface area (Å²) in [7, 11) is -4.47. The number of amides is 2. The Labute approximate surface area is 247 Å². The van der Waals surface area contributed by atoms with Gasteiger partial charge in [0, 0.05) is 67.7 Å². The van der Waals surface area contributed by atoms with E-state index in [4.69, 9.17) is 0 Å².